The van der Waals surface area contributed by atoms with Crippen molar-refractivity contribution in [1.82, 2.24) is 0 Å². The second-order valence-corrected chi connectivity index (χ2v) is 6.25. The molecule has 0 radical (unpaired) electrons. The molecular formula is C16H16ClNO4S. The van der Waals surface area contributed by atoms with Crippen LogP contribution >= 0.6 is 22.9 Å². The lowest BCUT2D eigenvalue weighted by Crippen LogP contribution is -2.15. The molecule has 0 fully saturated rings. The van der Waals surface area contributed by atoms with Crippen LogP contribution in [0.25, 0.3) is 11.1 Å². The molecule has 23 heavy (non-hydrogen) atoms. The minimum absolute atomic E-state index is 0.241. The van der Waals surface area contributed by atoms with E-state index in [0.717, 1.165) is 10.4 Å². The third kappa shape index (κ3) is 3.83. The van der Waals surface area contributed by atoms with Crippen LogP contribution in [0, 0.1) is 6.92 Å². The first kappa shape index (κ1) is 17.3. The Labute approximate surface area is 143 Å². The minimum atomic E-state index is -0.614. The van der Waals surface area contributed by atoms with Gasteiger partial charge in [-0.3, -0.25) is 5.32 Å². The maximum Gasteiger partial charge on any atom is 0.412 e. The van der Waals surface area contributed by atoms with Crippen LogP contribution in [0.15, 0.2) is 24.3 Å². The molecule has 1 amide bonds. The average Bonchev–Trinajstić information content (AvgIpc) is 2.82. The highest BCUT2D eigenvalue weighted by atomic mass is 35.5. The summed E-state index contributed by atoms with van der Waals surface area (Å²) in [5.74, 6) is -0.531. The first-order valence-corrected chi connectivity index (χ1v) is 8.08. The Balaban J connectivity index is 2.56. The number of rotatable bonds is 4. The van der Waals surface area contributed by atoms with E-state index < -0.39 is 12.1 Å². The van der Waals surface area contributed by atoms with Crippen molar-refractivity contribution < 1.29 is 19.1 Å². The summed E-state index contributed by atoms with van der Waals surface area (Å²) < 4.78 is 9.74. The Kier molecular flexibility index (Phi) is 5.63. The lowest BCUT2D eigenvalue weighted by molar-refractivity contribution is 0.0603. The fourth-order valence-electron chi connectivity index (χ4n) is 2.18. The number of esters is 1. The predicted molar refractivity (Wildman–Crippen MR) is 91.5 cm³/mol. The highest BCUT2D eigenvalue weighted by Gasteiger charge is 2.25. The molecule has 2 rings (SSSR count). The van der Waals surface area contributed by atoms with Gasteiger partial charge in [0.15, 0.2) is 0 Å². The Bertz CT molecular complexity index is 742. The zero-order valence-corrected chi connectivity index (χ0v) is 14.5. The molecule has 0 saturated carbocycles. The summed E-state index contributed by atoms with van der Waals surface area (Å²) in [4.78, 5) is 24.8. The van der Waals surface area contributed by atoms with E-state index in [-0.39, 0.29) is 6.61 Å². The van der Waals surface area contributed by atoms with E-state index in [1.54, 1.807) is 25.1 Å². The number of nitrogens with one attached hydrogen (secondary N) is 1. The van der Waals surface area contributed by atoms with Gasteiger partial charge < -0.3 is 9.47 Å². The summed E-state index contributed by atoms with van der Waals surface area (Å²) >= 11 is 7.33. The van der Waals surface area contributed by atoms with E-state index in [4.69, 9.17) is 21.1 Å². The lowest BCUT2D eigenvalue weighted by Gasteiger charge is -2.08. The number of ether oxygens (including phenoxy) is 2. The number of amides is 1. The molecule has 1 aromatic heterocycles. The van der Waals surface area contributed by atoms with Gasteiger partial charge >= 0.3 is 12.1 Å². The van der Waals surface area contributed by atoms with Gasteiger partial charge in [0.05, 0.1) is 13.7 Å². The van der Waals surface area contributed by atoms with Crippen LogP contribution in [0.4, 0.5) is 9.80 Å². The topological polar surface area (TPSA) is 64.6 Å². The highest BCUT2D eigenvalue weighted by Crippen LogP contribution is 2.40. The summed E-state index contributed by atoms with van der Waals surface area (Å²) in [6, 6.07) is 7.16. The zero-order valence-electron chi connectivity index (χ0n) is 12.9. The molecule has 122 valence electrons. The Morgan fingerprint density at radius 3 is 2.70 bits per heavy atom. The molecule has 1 aromatic carbocycles. The number of anilines is 1. The van der Waals surface area contributed by atoms with Crippen molar-refractivity contribution in [3.8, 4) is 11.1 Å². The van der Waals surface area contributed by atoms with Gasteiger partial charge in [0.1, 0.15) is 10.6 Å². The molecule has 0 aliphatic heterocycles. The molecule has 7 heteroatoms. The summed E-state index contributed by atoms with van der Waals surface area (Å²) in [6.45, 7) is 3.81. The van der Waals surface area contributed by atoms with Gasteiger partial charge in [-0.25, -0.2) is 9.59 Å². The average molecular weight is 354 g/mol. The molecule has 5 nitrogen and oxygen atoms in total. The standard InChI is InChI=1S/C16H16ClNO4S/c1-4-22-16(20)18-14-13(15(19)21-3)12(9(2)23-14)10-6-5-7-11(17)8-10/h5-8H,4H2,1-3H3,(H,18,20). The fraction of sp³-hybridized carbons (Fsp3) is 0.250. The van der Waals surface area contributed by atoms with Crippen LogP contribution in [-0.4, -0.2) is 25.8 Å². The number of benzene rings is 1. The van der Waals surface area contributed by atoms with Gasteiger partial charge in [-0.15, -0.1) is 11.3 Å². The van der Waals surface area contributed by atoms with Crippen LogP contribution in [0.5, 0.6) is 0 Å². The number of carbonyl (C=O) groups is 2. The first-order chi connectivity index (χ1) is 11.0. The van der Waals surface area contributed by atoms with E-state index in [1.807, 2.05) is 13.0 Å². The quantitative estimate of drug-likeness (QED) is 0.807. The molecule has 0 atom stereocenters. The van der Waals surface area contributed by atoms with Crippen molar-refractivity contribution in [2.45, 2.75) is 13.8 Å². The second-order valence-electron chi connectivity index (χ2n) is 4.58. The van der Waals surface area contributed by atoms with Crippen molar-refractivity contribution in [1.29, 1.82) is 0 Å². The first-order valence-electron chi connectivity index (χ1n) is 6.89. The molecule has 1 N–H and O–H groups in total. The van der Waals surface area contributed by atoms with Crippen molar-refractivity contribution in [2.24, 2.45) is 0 Å². The Hall–Kier alpha value is -2.05. The third-order valence-electron chi connectivity index (χ3n) is 3.08. The number of thiophene rings is 1. The maximum absolute atomic E-state index is 12.2. The summed E-state index contributed by atoms with van der Waals surface area (Å²) in [7, 11) is 1.30. The van der Waals surface area contributed by atoms with Crippen LogP contribution in [0.2, 0.25) is 5.02 Å². The zero-order chi connectivity index (χ0) is 17.0. The molecule has 1 heterocycles. The molecule has 0 aliphatic carbocycles. The van der Waals surface area contributed by atoms with E-state index in [2.05, 4.69) is 5.32 Å². The van der Waals surface area contributed by atoms with Gasteiger partial charge in [-0.05, 0) is 31.5 Å². The van der Waals surface area contributed by atoms with E-state index >= 15 is 0 Å². The van der Waals surface area contributed by atoms with E-state index in [1.165, 1.54) is 18.4 Å². The number of methoxy groups -OCH3 is 1. The number of hydrogen-bond donors (Lipinski definition) is 1. The van der Waals surface area contributed by atoms with Crippen molar-refractivity contribution in [3.05, 3.63) is 39.7 Å². The fourth-order valence-corrected chi connectivity index (χ4v) is 3.42. The van der Waals surface area contributed by atoms with Gasteiger partial charge in [0.2, 0.25) is 0 Å². The molecule has 0 spiro atoms. The molecule has 0 saturated heterocycles. The molecule has 2 aromatic rings. The second kappa shape index (κ2) is 7.48. The van der Waals surface area contributed by atoms with E-state index in [0.29, 0.717) is 21.2 Å². The van der Waals surface area contributed by atoms with Crippen LogP contribution < -0.4 is 5.32 Å². The lowest BCUT2D eigenvalue weighted by atomic mass is 10.0. The van der Waals surface area contributed by atoms with Gasteiger partial charge in [0.25, 0.3) is 0 Å². The predicted octanol–water partition coefficient (Wildman–Crippen LogP) is 4.73. The molecular weight excluding hydrogens is 338 g/mol. The number of halogens is 1. The Morgan fingerprint density at radius 1 is 1.35 bits per heavy atom. The van der Waals surface area contributed by atoms with Gasteiger partial charge in [-0.2, -0.15) is 0 Å². The van der Waals surface area contributed by atoms with Crippen LogP contribution in [-0.2, 0) is 9.47 Å². The Morgan fingerprint density at radius 2 is 2.09 bits per heavy atom. The number of hydrogen-bond acceptors (Lipinski definition) is 5. The van der Waals surface area contributed by atoms with Gasteiger partial charge in [-0.1, -0.05) is 23.7 Å². The number of carbonyl (C=O) groups excluding carboxylic acids is 2. The summed E-state index contributed by atoms with van der Waals surface area (Å²) in [5.41, 5.74) is 1.77. The highest BCUT2D eigenvalue weighted by molar-refractivity contribution is 7.17. The molecule has 0 aliphatic rings. The molecule has 0 bridgehead atoms. The number of aryl methyl sites for hydroxylation is 1. The molecule has 0 unspecified atom stereocenters. The minimum Gasteiger partial charge on any atom is -0.465 e. The van der Waals surface area contributed by atoms with E-state index in [9.17, 15) is 9.59 Å². The van der Waals surface area contributed by atoms with Crippen molar-refractivity contribution >= 4 is 40.0 Å². The summed E-state index contributed by atoms with van der Waals surface area (Å²) in [6.07, 6.45) is -0.614. The normalized spacial score (nSPS) is 10.3. The van der Waals surface area contributed by atoms with Crippen LogP contribution in [0.1, 0.15) is 22.2 Å². The van der Waals surface area contributed by atoms with Crippen molar-refractivity contribution in [3.63, 3.8) is 0 Å². The van der Waals surface area contributed by atoms with Crippen LogP contribution in [0.3, 0.4) is 0 Å². The van der Waals surface area contributed by atoms with Crippen molar-refractivity contribution in [2.75, 3.05) is 19.0 Å². The van der Waals surface area contributed by atoms with Gasteiger partial charge in [0, 0.05) is 15.5 Å². The summed E-state index contributed by atoms with van der Waals surface area (Å²) in [5, 5.41) is 3.55. The smallest absolute Gasteiger partial charge is 0.412 e. The maximum atomic E-state index is 12.2. The SMILES string of the molecule is CCOC(=O)Nc1sc(C)c(-c2cccc(Cl)c2)c1C(=O)OC. The third-order valence-corrected chi connectivity index (χ3v) is 4.33. The monoisotopic (exact) mass is 353 g/mol. The largest absolute Gasteiger partial charge is 0.465 e.